The molecule has 0 heterocycles. The zero-order valence-corrected chi connectivity index (χ0v) is 13.4. The minimum atomic E-state index is -0.137. The van der Waals surface area contributed by atoms with Gasteiger partial charge in [-0.25, -0.2) is 0 Å². The standard InChI is InChI=1S/C16H26N2O3/c1-5-9-18-12(3)13-7-8-14(15(10-13)20-4)21-11-16(19)17-6-2/h7-8,10,12,18H,5-6,9,11H2,1-4H3,(H,17,19). The molecule has 1 unspecified atom stereocenters. The van der Waals surface area contributed by atoms with Crippen molar-refractivity contribution in [2.45, 2.75) is 33.2 Å². The highest BCUT2D eigenvalue weighted by molar-refractivity contribution is 5.77. The van der Waals surface area contributed by atoms with Gasteiger partial charge < -0.3 is 20.1 Å². The van der Waals surface area contributed by atoms with Crippen molar-refractivity contribution in [2.75, 3.05) is 26.8 Å². The van der Waals surface area contributed by atoms with Gasteiger partial charge in [-0.15, -0.1) is 0 Å². The summed E-state index contributed by atoms with van der Waals surface area (Å²) in [5.74, 6) is 1.08. The molecule has 0 aliphatic carbocycles. The van der Waals surface area contributed by atoms with Crippen LogP contribution in [-0.4, -0.2) is 32.7 Å². The van der Waals surface area contributed by atoms with Crippen molar-refractivity contribution in [3.63, 3.8) is 0 Å². The second kappa shape index (κ2) is 9.23. The Kier molecular flexibility index (Phi) is 7.61. The quantitative estimate of drug-likeness (QED) is 0.733. The van der Waals surface area contributed by atoms with E-state index in [1.54, 1.807) is 7.11 Å². The first-order valence-electron chi connectivity index (χ1n) is 7.43. The van der Waals surface area contributed by atoms with Gasteiger partial charge in [0, 0.05) is 12.6 Å². The van der Waals surface area contributed by atoms with Gasteiger partial charge in [-0.1, -0.05) is 13.0 Å². The topological polar surface area (TPSA) is 59.6 Å². The van der Waals surface area contributed by atoms with E-state index in [0.29, 0.717) is 18.0 Å². The second-order valence-corrected chi connectivity index (χ2v) is 4.83. The van der Waals surface area contributed by atoms with Crippen LogP contribution >= 0.6 is 0 Å². The summed E-state index contributed by atoms with van der Waals surface area (Å²) in [4.78, 5) is 11.4. The summed E-state index contributed by atoms with van der Waals surface area (Å²) in [5, 5.41) is 6.12. The number of ether oxygens (including phenoxy) is 2. The molecule has 2 N–H and O–H groups in total. The van der Waals surface area contributed by atoms with E-state index >= 15 is 0 Å². The lowest BCUT2D eigenvalue weighted by atomic mass is 10.1. The Morgan fingerprint density at radius 1 is 1.29 bits per heavy atom. The first-order chi connectivity index (χ1) is 10.1. The molecule has 1 aromatic rings. The average Bonchev–Trinajstić information content (AvgIpc) is 2.50. The number of likely N-dealkylation sites (N-methyl/N-ethyl adjacent to an activating group) is 1. The Morgan fingerprint density at radius 2 is 2.05 bits per heavy atom. The van der Waals surface area contributed by atoms with Crippen LogP contribution in [0.5, 0.6) is 11.5 Å². The number of carbonyl (C=O) groups is 1. The molecule has 0 aromatic heterocycles. The second-order valence-electron chi connectivity index (χ2n) is 4.83. The Balaban J connectivity index is 2.72. The van der Waals surface area contributed by atoms with Gasteiger partial charge in [-0.05, 0) is 44.5 Å². The van der Waals surface area contributed by atoms with Crippen LogP contribution in [0.2, 0.25) is 0 Å². The van der Waals surface area contributed by atoms with E-state index in [4.69, 9.17) is 9.47 Å². The van der Waals surface area contributed by atoms with Crippen LogP contribution in [0.4, 0.5) is 0 Å². The Hall–Kier alpha value is -1.75. The van der Waals surface area contributed by atoms with Crippen molar-refractivity contribution >= 4 is 5.91 Å². The number of methoxy groups -OCH3 is 1. The van der Waals surface area contributed by atoms with E-state index in [1.807, 2.05) is 25.1 Å². The summed E-state index contributed by atoms with van der Waals surface area (Å²) >= 11 is 0. The molecule has 0 aliphatic rings. The minimum Gasteiger partial charge on any atom is -0.493 e. The van der Waals surface area contributed by atoms with Crippen LogP contribution < -0.4 is 20.1 Å². The summed E-state index contributed by atoms with van der Waals surface area (Å²) in [7, 11) is 1.60. The molecule has 0 radical (unpaired) electrons. The van der Waals surface area contributed by atoms with Gasteiger partial charge in [-0.3, -0.25) is 4.79 Å². The van der Waals surface area contributed by atoms with Crippen molar-refractivity contribution in [3.8, 4) is 11.5 Å². The number of carbonyl (C=O) groups excluding carboxylic acids is 1. The number of hydrogen-bond donors (Lipinski definition) is 2. The SMILES string of the molecule is CCCNC(C)c1ccc(OCC(=O)NCC)c(OC)c1. The van der Waals surface area contributed by atoms with Crippen molar-refractivity contribution in [2.24, 2.45) is 0 Å². The molecule has 118 valence electrons. The first-order valence-corrected chi connectivity index (χ1v) is 7.43. The van der Waals surface area contributed by atoms with E-state index in [0.717, 1.165) is 18.5 Å². The molecule has 1 aromatic carbocycles. The van der Waals surface area contributed by atoms with Gasteiger partial charge >= 0.3 is 0 Å². The molecule has 0 aliphatic heterocycles. The van der Waals surface area contributed by atoms with Crippen molar-refractivity contribution in [1.82, 2.24) is 10.6 Å². The Bertz CT molecular complexity index is 449. The fraction of sp³-hybridized carbons (Fsp3) is 0.562. The molecule has 0 spiro atoms. The summed E-state index contributed by atoms with van der Waals surface area (Å²) < 4.78 is 10.8. The highest BCUT2D eigenvalue weighted by atomic mass is 16.5. The summed E-state index contributed by atoms with van der Waals surface area (Å²) in [5.41, 5.74) is 1.13. The monoisotopic (exact) mass is 294 g/mol. The molecule has 21 heavy (non-hydrogen) atoms. The lowest BCUT2D eigenvalue weighted by molar-refractivity contribution is -0.123. The van der Waals surface area contributed by atoms with E-state index in [2.05, 4.69) is 24.5 Å². The van der Waals surface area contributed by atoms with E-state index in [9.17, 15) is 4.79 Å². The first kappa shape index (κ1) is 17.3. The van der Waals surface area contributed by atoms with Crippen LogP contribution in [0.1, 0.15) is 38.8 Å². The molecule has 1 atom stereocenters. The third-order valence-corrected chi connectivity index (χ3v) is 3.12. The number of hydrogen-bond acceptors (Lipinski definition) is 4. The smallest absolute Gasteiger partial charge is 0.257 e. The number of benzene rings is 1. The maximum absolute atomic E-state index is 11.4. The number of amides is 1. The average molecular weight is 294 g/mol. The van der Waals surface area contributed by atoms with E-state index < -0.39 is 0 Å². The normalized spacial score (nSPS) is 11.8. The van der Waals surface area contributed by atoms with Gasteiger partial charge in [0.2, 0.25) is 0 Å². The third kappa shape index (κ3) is 5.63. The fourth-order valence-electron chi connectivity index (χ4n) is 1.94. The largest absolute Gasteiger partial charge is 0.493 e. The maximum Gasteiger partial charge on any atom is 0.257 e. The van der Waals surface area contributed by atoms with Crippen LogP contribution in [0.3, 0.4) is 0 Å². The molecule has 1 amide bonds. The molecule has 0 bridgehead atoms. The van der Waals surface area contributed by atoms with Crippen LogP contribution in [0, 0.1) is 0 Å². The van der Waals surface area contributed by atoms with Crippen molar-refractivity contribution < 1.29 is 14.3 Å². The number of nitrogens with one attached hydrogen (secondary N) is 2. The van der Waals surface area contributed by atoms with Crippen molar-refractivity contribution in [3.05, 3.63) is 23.8 Å². The highest BCUT2D eigenvalue weighted by Crippen LogP contribution is 2.30. The van der Waals surface area contributed by atoms with Crippen LogP contribution in [0.15, 0.2) is 18.2 Å². The van der Waals surface area contributed by atoms with Crippen LogP contribution in [-0.2, 0) is 4.79 Å². The summed E-state index contributed by atoms with van der Waals surface area (Å²) in [6, 6.07) is 6.03. The predicted octanol–water partition coefficient (Wildman–Crippen LogP) is 2.27. The summed E-state index contributed by atoms with van der Waals surface area (Å²) in [6.07, 6.45) is 1.09. The molecular weight excluding hydrogens is 268 g/mol. The van der Waals surface area contributed by atoms with Gasteiger partial charge in [0.05, 0.1) is 7.11 Å². The van der Waals surface area contributed by atoms with Crippen LogP contribution in [0.25, 0.3) is 0 Å². The maximum atomic E-state index is 11.4. The number of rotatable bonds is 9. The zero-order chi connectivity index (χ0) is 15.7. The zero-order valence-electron chi connectivity index (χ0n) is 13.4. The lowest BCUT2D eigenvalue weighted by Gasteiger charge is -2.16. The molecule has 5 heteroatoms. The molecule has 0 fully saturated rings. The van der Waals surface area contributed by atoms with Gasteiger partial charge in [0.15, 0.2) is 18.1 Å². The Labute approximate surface area is 127 Å². The third-order valence-electron chi connectivity index (χ3n) is 3.12. The summed E-state index contributed by atoms with van der Waals surface area (Å²) in [6.45, 7) is 7.68. The van der Waals surface area contributed by atoms with Gasteiger partial charge in [-0.2, -0.15) is 0 Å². The van der Waals surface area contributed by atoms with E-state index in [1.165, 1.54) is 0 Å². The van der Waals surface area contributed by atoms with Crippen molar-refractivity contribution in [1.29, 1.82) is 0 Å². The fourth-order valence-corrected chi connectivity index (χ4v) is 1.94. The predicted molar refractivity (Wildman–Crippen MR) is 83.9 cm³/mol. The molecule has 5 nitrogen and oxygen atoms in total. The molecular formula is C16H26N2O3. The van der Waals surface area contributed by atoms with Gasteiger partial charge in [0.1, 0.15) is 0 Å². The molecule has 0 saturated carbocycles. The molecule has 1 rings (SSSR count). The minimum absolute atomic E-state index is 0.00676. The Morgan fingerprint density at radius 3 is 2.67 bits per heavy atom. The molecule has 0 saturated heterocycles. The van der Waals surface area contributed by atoms with Gasteiger partial charge in [0.25, 0.3) is 5.91 Å². The highest BCUT2D eigenvalue weighted by Gasteiger charge is 2.11. The lowest BCUT2D eigenvalue weighted by Crippen LogP contribution is -2.28. The van der Waals surface area contributed by atoms with E-state index in [-0.39, 0.29) is 18.6 Å².